The van der Waals surface area contributed by atoms with Crippen molar-refractivity contribution in [2.45, 2.75) is 78.0 Å². The minimum absolute atomic E-state index is 0.0326. The van der Waals surface area contributed by atoms with E-state index in [1.165, 1.54) is 0 Å². The van der Waals surface area contributed by atoms with Crippen LogP contribution < -0.4 is 0 Å². The molecule has 0 N–H and O–H groups in total. The number of aromatic nitrogens is 2. The Hall–Kier alpha value is -2.05. The van der Waals surface area contributed by atoms with Crippen molar-refractivity contribution in [1.29, 1.82) is 0 Å². The molecule has 3 rings (SSSR count). The second kappa shape index (κ2) is 7.90. The van der Waals surface area contributed by atoms with E-state index in [0.717, 1.165) is 31.5 Å². The maximum Gasteiger partial charge on any atom is 0.410 e. The molecule has 150 valence electrons. The minimum atomic E-state index is -0.433. The average Bonchev–Trinajstić information content (AvgIpc) is 3.15. The minimum Gasteiger partial charge on any atom is -0.441 e. The Morgan fingerprint density at radius 2 is 2.00 bits per heavy atom. The fourth-order valence-electron chi connectivity index (χ4n) is 4.18. The Morgan fingerprint density at radius 3 is 2.63 bits per heavy atom. The fourth-order valence-corrected chi connectivity index (χ4v) is 4.18. The first kappa shape index (κ1) is 19.7. The van der Waals surface area contributed by atoms with Crippen LogP contribution in [-0.2, 0) is 11.3 Å². The second-order valence-corrected chi connectivity index (χ2v) is 8.00. The van der Waals surface area contributed by atoms with Crippen molar-refractivity contribution in [3.63, 3.8) is 0 Å². The molecule has 7 nitrogen and oxygen atoms in total. The van der Waals surface area contributed by atoms with E-state index in [0.29, 0.717) is 38.0 Å². The molecule has 2 saturated heterocycles. The molecule has 0 radical (unpaired) electrons. The third-order valence-electron chi connectivity index (χ3n) is 5.83. The molecule has 0 unspecified atom stereocenters. The van der Waals surface area contributed by atoms with Crippen molar-refractivity contribution in [2.24, 2.45) is 0 Å². The number of carbonyl (C=O) groups excluding carboxylic acids is 2. The van der Waals surface area contributed by atoms with E-state index >= 15 is 0 Å². The van der Waals surface area contributed by atoms with Gasteiger partial charge >= 0.3 is 6.09 Å². The maximum atomic E-state index is 12.9. The van der Waals surface area contributed by atoms with Gasteiger partial charge in [0, 0.05) is 44.7 Å². The van der Waals surface area contributed by atoms with E-state index in [9.17, 15) is 9.59 Å². The van der Waals surface area contributed by atoms with Crippen molar-refractivity contribution in [1.82, 2.24) is 19.6 Å². The molecule has 7 heteroatoms. The summed E-state index contributed by atoms with van der Waals surface area (Å²) < 4.78 is 7.64. The molecule has 0 aromatic carbocycles. The van der Waals surface area contributed by atoms with Gasteiger partial charge in [-0.05, 0) is 26.7 Å². The third-order valence-corrected chi connectivity index (χ3v) is 5.83. The van der Waals surface area contributed by atoms with Gasteiger partial charge in [0.15, 0.2) is 0 Å². The van der Waals surface area contributed by atoms with E-state index in [1.807, 2.05) is 27.6 Å². The number of aryl methyl sites for hydroxylation is 2. The largest absolute Gasteiger partial charge is 0.441 e. The lowest BCUT2D eigenvalue weighted by Gasteiger charge is -2.37. The summed E-state index contributed by atoms with van der Waals surface area (Å²) in [5.74, 6) is 0.0326. The molecule has 1 aromatic rings. The van der Waals surface area contributed by atoms with Crippen LogP contribution in [0.2, 0.25) is 0 Å². The summed E-state index contributed by atoms with van der Waals surface area (Å²) in [5.41, 5.74) is 1.03. The molecule has 1 atom stereocenters. The Balaban J connectivity index is 1.62. The summed E-state index contributed by atoms with van der Waals surface area (Å²) in [6, 6.07) is 0.202. The SMILES string of the molecule is CCC[C@@H](C)N1CC2(CCN(C(=O)c3cn(CCC)nc3C)CC2)OC1=O. The summed E-state index contributed by atoms with van der Waals surface area (Å²) in [6.07, 6.45) is 6.06. The number of nitrogens with zero attached hydrogens (tertiary/aromatic N) is 4. The smallest absolute Gasteiger partial charge is 0.410 e. The van der Waals surface area contributed by atoms with Gasteiger partial charge in [0.2, 0.25) is 0 Å². The molecule has 2 fully saturated rings. The predicted octanol–water partition coefficient (Wildman–Crippen LogP) is 3.22. The van der Waals surface area contributed by atoms with Gasteiger partial charge < -0.3 is 14.5 Å². The average molecular weight is 377 g/mol. The number of hydrogen-bond donors (Lipinski definition) is 0. The van der Waals surface area contributed by atoms with Gasteiger partial charge in [-0.1, -0.05) is 20.3 Å². The Labute approximate surface area is 161 Å². The maximum absolute atomic E-state index is 12.9. The molecule has 1 spiro atoms. The number of carbonyl (C=O) groups is 2. The van der Waals surface area contributed by atoms with Gasteiger partial charge in [-0.3, -0.25) is 9.48 Å². The Kier molecular flexibility index (Phi) is 5.77. The summed E-state index contributed by atoms with van der Waals surface area (Å²) in [7, 11) is 0. The third kappa shape index (κ3) is 3.96. The molecule has 0 saturated carbocycles. The lowest BCUT2D eigenvalue weighted by Crippen LogP contribution is -2.49. The summed E-state index contributed by atoms with van der Waals surface area (Å²) >= 11 is 0. The number of amides is 2. The number of hydrogen-bond acceptors (Lipinski definition) is 4. The zero-order chi connectivity index (χ0) is 19.6. The molecule has 27 heavy (non-hydrogen) atoms. The molecule has 0 bridgehead atoms. The summed E-state index contributed by atoms with van der Waals surface area (Å²) in [4.78, 5) is 29.0. The highest BCUT2D eigenvalue weighted by atomic mass is 16.6. The molecule has 2 aliphatic rings. The first-order valence-electron chi connectivity index (χ1n) is 10.2. The molecular formula is C20H32N4O3. The van der Waals surface area contributed by atoms with Crippen LogP contribution in [0.25, 0.3) is 0 Å². The van der Waals surface area contributed by atoms with Crippen molar-refractivity contribution in [3.05, 3.63) is 17.5 Å². The first-order valence-corrected chi connectivity index (χ1v) is 10.2. The number of ether oxygens (including phenoxy) is 1. The fraction of sp³-hybridized carbons (Fsp3) is 0.750. The predicted molar refractivity (Wildman–Crippen MR) is 103 cm³/mol. The van der Waals surface area contributed by atoms with E-state index < -0.39 is 5.60 Å². The molecule has 1 aromatic heterocycles. The second-order valence-electron chi connectivity index (χ2n) is 8.00. The zero-order valence-electron chi connectivity index (χ0n) is 17.0. The van der Waals surface area contributed by atoms with Crippen LogP contribution in [0.1, 0.15) is 68.9 Å². The van der Waals surface area contributed by atoms with Crippen LogP contribution in [0.5, 0.6) is 0 Å². The van der Waals surface area contributed by atoms with Crippen molar-refractivity contribution in [2.75, 3.05) is 19.6 Å². The van der Waals surface area contributed by atoms with Crippen LogP contribution in [0, 0.1) is 6.92 Å². The molecule has 2 amide bonds. The number of piperidine rings is 1. The van der Waals surface area contributed by atoms with Crippen LogP contribution in [-0.4, -0.2) is 62.9 Å². The van der Waals surface area contributed by atoms with E-state index in [-0.39, 0.29) is 18.0 Å². The monoisotopic (exact) mass is 376 g/mol. The van der Waals surface area contributed by atoms with Crippen molar-refractivity contribution < 1.29 is 14.3 Å². The number of rotatable bonds is 6. The quantitative estimate of drug-likeness (QED) is 0.764. The summed E-state index contributed by atoms with van der Waals surface area (Å²) in [6.45, 7) is 10.9. The highest BCUT2D eigenvalue weighted by Gasteiger charge is 2.48. The molecule has 0 aliphatic carbocycles. The van der Waals surface area contributed by atoms with Crippen molar-refractivity contribution >= 4 is 12.0 Å². The van der Waals surface area contributed by atoms with Gasteiger partial charge in [0.05, 0.1) is 17.8 Å². The molecule has 3 heterocycles. The highest BCUT2D eigenvalue weighted by molar-refractivity contribution is 5.95. The lowest BCUT2D eigenvalue weighted by atomic mass is 9.90. The van der Waals surface area contributed by atoms with Gasteiger partial charge in [-0.25, -0.2) is 4.79 Å². The zero-order valence-corrected chi connectivity index (χ0v) is 17.0. The normalized spacial score (nSPS) is 20.2. The Morgan fingerprint density at radius 1 is 1.30 bits per heavy atom. The van der Waals surface area contributed by atoms with Crippen LogP contribution >= 0.6 is 0 Å². The van der Waals surface area contributed by atoms with E-state index in [4.69, 9.17) is 4.74 Å². The van der Waals surface area contributed by atoms with E-state index in [1.54, 1.807) is 0 Å². The van der Waals surface area contributed by atoms with Gasteiger partial charge in [-0.2, -0.15) is 5.10 Å². The number of likely N-dealkylation sites (tertiary alicyclic amines) is 1. The summed E-state index contributed by atoms with van der Waals surface area (Å²) in [5, 5.41) is 4.44. The Bertz CT molecular complexity index is 691. The lowest BCUT2D eigenvalue weighted by molar-refractivity contribution is 0.00305. The molecular weight excluding hydrogens is 344 g/mol. The molecule has 2 aliphatic heterocycles. The first-order chi connectivity index (χ1) is 12.9. The van der Waals surface area contributed by atoms with Crippen LogP contribution in [0.15, 0.2) is 6.20 Å². The van der Waals surface area contributed by atoms with Crippen LogP contribution in [0.4, 0.5) is 4.79 Å². The van der Waals surface area contributed by atoms with Crippen LogP contribution in [0.3, 0.4) is 0 Å². The van der Waals surface area contributed by atoms with Gasteiger partial charge in [0.25, 0.3) is 5.91 Å². The highest BCUT2D eigenvalue weighted by Crippen LogP contribution is 2.35. The van der Waals surface area contributed by atoms with Gasteiger partial charge in [0.1, 0.15) is 5.60 Å². The van der Waals surface area contributed by atoms with E-state index in [2.05, 4.69) is 25.9 Å². The van der Waals surface area contributed by atoms with Gasteiger partial charge in [-0.15, -0.1) is 0 Å². The standard InChI is InChI=1S/C20H32N4O3/c1-5-7-15(3)24-14-20(27-19(24)26)8-11-22(12-9-20)18(25)17-13-23(10-6-2)21-16(17)4/h13,15H,5-12,14H2,1-4H3/t15-/m1/s1. The topological polar surface area (TPSA) is 67.7 Å². The van der Waals surface area contributed by atoms with Crippen molar-refractivity contribution in [3.8, 4) is 0 Å².